The molecule has 0 aromatic heterocycles. The molecule has 0 amide bonds. The minimum Gasteiger partial charge on any atom is -0.484 e. The molecule has 17 heavy (non-hydrogen) atoms. The number of halogens is 1. The molecule has 0 bridgehead atoms. The van der Waals surface area contributed by atoms with Gasteiger partial charge in [0, 0.05) is 5.56 Å². The Hall–Kier alpha value is -1.80. The molecule has 0 saturated heterocycles. The minimum atomic E-state index is -0.0643. The Labute approximate surface area is 105 Å². The molecule has 0 N–H and O–H groups in total. The van der Waals surface area contributed by atoms with E-state index in [9.17, 15) is 4.79 Å². The molecule has 0 radical (unpaired) electrons. The average molecular weight is 247 g/mol. The summed E-state index contributed by atoms with van der Waals surface area (Å²) in [4.78, 5) is 11.8. The van der Waals surface area contributed by atoms with Crippen LogP contribution in [-0.2, 0) is 0 Å². The average Bonchev–Trinajstić information content (AvgIpc) is 2.38. The summed E-state index contributed by atoms with van der Waals surface area (Å²) in [7, 11) is 0. The minimum absolute atomic E-state index is 0.00620. The van der Waals surface area contributed by atoms with E-state index in [0.29, 0.717) is 16.3 Å². The fourth-order valence-electron chi connectivity index (χ4n) is 1.41. The lowest BCUT2D eigenvalue weighted by molar-refractivity contribution is 0.0921. The summed E-state index contributed by atoms with van der Waals surface area (Å²) in [6.45, 7) is -0.00620. The van der Waals surface area contributed by atoms with Crippen molar-refractivity contribution in [1.29, 1.82) is 0 Å². The molecule has 2 aromatic rings. The fraction of sp³-hybridized carbons (Fsp3) is 0.0714. The molecule has 0 aliphatic heterocycles. The summed E-state index contributed by atoms with van der Waals surface area (Å²) >= 11 is 5.92. The maximum absolute atomic E-state index is 11.8. The van der Waals surface area contributed by atoms with E-state index in [1.165, 1.54) is 0 Å². The van der Waals surface area contributed by atoms with Crippen LogP contribution in [0.1, 0.15) is 10.4 Å². The van der Waals surface area contributed by atoms with Gasteiger partial charge in [-0.3, -0.25) is 4.79 Å². The van der Waals surface area contributed by atoms with Crippen LogP contribution in [0.5, 0.6) is 5.75 Å². The zero-order chi connectivity index (χ0) is 12.1. The molecule has 2 rings (SSSR count). The molecule has 0 saturated carbocycles. The summed E-state index contributed by atoms with van der Waals surface area (Å²) in [5.41, 5.74) is 0.638. The van der Waals surface area contributed by atoms with Crippen molar-refractivity contribution in [2.45, 2.75) is 0 Å². The highest BCUT2D eigenvalue weighted by molar-refractivity contribution is 6.32. The van der Waals surface area contributed by atoms with Crippen LogP contribution < -0.4 is 4.74 Å². The van der Waals surface area contributed by atoms with Gasteiger partial charge >= 0.3 is 0 Å². The van der Waals surface area contributed by atoms with Crippen LogP contribution in [-0.4, -0.2) is 12.4 Å². The Morgan fingerprint density at radius 1 is 1.00 bits per heavy atom. The highest BCUT2D eigenvalue weighted by atomic mass is 35.5. The molecule has 86 valence electrons. The molecule has 0 atom stereocenters. The van der Waals surface area contributed by atoms with Crippen molar-refractivity contribution in [2.75, 3.05) is 6.61 Å². The molecule has 0 aliphatic carbocycles. The molecule has 2 aromatic carbocycles. The van der Waals surface area contributed by atoms with Crippen LogP contribution >= 0.6 is 11.6 Å². The second-order valence-electron chi connectivity index (χ2n) is 3.51. The normalized spacial score (nSPS) is 9.94. The van der Waals surface area contributed by atoms with E-state index in [2.05, 4.69) is 0 Å². The molecular formula is C14H11ClO2. The number of hydrogen-bond acceptors (Lipinski definition) is 2. The summed E-state index contributed by atoms with van der Waals surface area (Å²) in [6, 6.07) is 16.1. The molecule has 3 heteroatoms. The first-order chi connectivity index (χ1) is 8.27. The molecule has 2 nitrogen and oxygen atoms in total. The van der Waals surface area contributed by atoms with Crippen molar-refractivity contribution >= 4 is 17.4 Å². The van der Waals surface area contributed by atoms with Gasteiger partial charge in [-0.05, 0) is 12.1 Å². The van der Waals surface area contributed by atoms with Gasteiger partial charge in [0.25, 0.3) is 0 Å². The van der Waals surface area contributed by atoms with Gasteiger partial charge in [0.05, 0.1) is 5.02 Å². The van der Waals surface area contributed by atoms with Crippen LogP contribution in [0.3, 0.4) is 0 Å². The van der Waals surface area contributed by atoms with E-state index in [1.807, 2.05) is 30.3 Å². The van der Waals surface area contributed by atoms with E-state index in [-0.39, 0.29) is 12.4 Å². The van der Waals surface area contributed by atoms with Crippen molar-refractivity contribution in [3.63, 3.8) is 0 Å². The lowest BCUT2D eigenvalue weighted by Gasteiger charge is -2.06. The fourth-order valence-corrected chi connectivity index (χ4v) is 1.60. The predicted octanol–water partition coefficient (Wildman–Crippen LogP) is 3.60. The Balaban J connectivity index is 2.00. The summed E-state index contributed by atoms with van der Waals surface area (Å²) in [6.07, 6.45) is 0. The van der Waals surface area contributed by atoms with Gasteiger partial charge in [-0.1, -0.05) is 54.1 Å². The Morgan fingerprint density at radius 3 is 2.35 bits per heavy atom. The Bertz CT molecular complexity index is 509. The zero-order valence-corrected chi connectivity index (χ0v) is 9.85. The van der Waals surface area contributed by atoms with Crippen LogP contribution in [0.25, 0.3) is 0 Å². The van der Waals surface area contributed by atoms with Crippen molar-refractivity contribution in [3.8, 4) is 5.75 Å². The zero-order valence-electron chi connectivity index (χ0n) is 9.10. The van der Waals surface area contributed by atoms with Crippen molar-refractivity contribution < 1.29 is 9.53 Å². The lowest BCUT2D eigenvalue weighted by Crippen LogP contribution is -2.11. The smallest absolute Gasteiger partial charge is 0.200 e. The second-order valence-corrected chi connectivity index (χ2v) is 3.92. The van der Waals surface area contributed by atoms with Crippen LogP contribution in [0.15, 0.2) is 54.6 Å². The van der Waals surface area contributed by atoms with Crippen LogP contribution in [0.4, 0.5) is 0 Å². The van der Waals surface area contributed by atoms with Gasteiger partial charge in [0.2, 0.25) is 0 Å². The highest BCUT2D eigenvalue weighted by Gasteiger charge is 2.07. The SMILES string of the molecule is O=C(COc1ccccc1Cl)c1ccccc1. The van der Waals surface area contributed by atoms with Gasteiger partial charge in [0.15, 0.2) is 12.4 Å². The second kappa shape index (κ2) is 5.51. The largest absolute Gasteiger partial charge is 0.484 e. The number of ketones is 1. The molecule has 0 unspecified atom stereocenters. The molecular weight excluding hydrogens is 236 g/mol. The Kier molecular flexibility index (Phi) is 3.78. The van der Waals surface area contributed by atoms with Crippen molar-refractivity contribution in [2.24, 2.45) is 0 Å². The predicted molar refractivity (Wildman–Crippen MR) is 67.7 cm³/mol. The monoisotopic (exact) mass is 246 g/mol. The molecule has 0 spiro atoms. The molecule has 0 heterocycles. The van der Waals surface area contributed by atoms with Crippen molar-refractivity contribution in [3.05, 3.63) is 65.2 Å². The maximum Gasteiger partial charge on any atom is 0.200 e. The number of hydrogen-bond donors (Lipinski definition) is 0. The highest BCUT2D eigenvalue weighted by Crippen LogP contribution is 2.23. The topological polar surface area (TPSA) is 26.3 Å². The van der Waals surface area contributed by atoms with E-state index in [1.54, 1.807) is 24.3 Å². The van der Waals surface area contributed by atoms with Gasteiger partial charge in [-0.25, -0.2) is 0 Å². The number of carbonyl (C=O) groups excluding carboxylic acids is 1. The summed E-state index contributed by atoms with van der Waals surface area (Å²) in [5.74, 6) is 0.462. The summed E-state index contributed by atoms with van der Waals surface area (Å²) in [5, 5.41) is 0.508. The van der Waals surface area contributed by atoms with Crippen LogP contribution in [0.2, 0.25) is 5.02 Å². The van der Waals surface area contributed by atoms with Crippen molar-refractivity contribution in [1.82, 2.24) is 0 Å². The van der Waals surface area contributed by atoms with E-state index < -0.39 is 0 Å². The third-order valence-electron chi connectivity index (χ3n) is 2.29. The third kappa shape index (κ3) is 3.08. The molecule has 0 fully saturated rings. The van der Waals surface area contributed by atoms with Crippen LogP contribution in [0, 0.1) is 0 Å². The van der Waals surface area contributed by atoms with Gasteiger partial charge in [-0.2, -0.15) is 0 Å². The van der Waals surface area contributed by atoms with E-state index >= 15 is 0 Å². The third-order valence-corrected chi connectivity index (χ3v) is 2.60. The number of para-hydroxylation sites is 1. The number of ether oxygens (including phenoxy) is 1. The standard InChI is InChI=1S/C14H11ClO2/c15-12-8-4-5-9-14(12)17-10-13(16)11-6-2-1-3-7-11/h1-9H,10H2. The lowest BCUT2D eigenvalue weighted by atomic mass is 10.1. The van der Waals surface area contributed by atoms with Gasteiger partial charge < -0.3 is 4.74 Å². The number of rotatable bonds is 4. The van der Waals surface area contributed by atoms with E-state index in [4.69, 9.17) is 16.3 Å². The van der Waals surface area contributed by atoms with E-state index in [0.717, 1.165) is 0 Å². The first-order valence-electron chi connectivity index (χ1n) is 5.23. The number of carbonyl (C=O) groups is 1. The molecule has 0 aliphatic rings. The maximum atomic E-state index is 11.8. The first-order valence-corrected chi connectivity index (χ1v) is 5.61. The van der Waals surface area contributed by atoms with Gasteiger partial charge in [-0.15, -0.1) is 0 Å². The van der Waals surface area contributed by atoms with Gasteiger partial charge in [0.1, 0.15) is 5.75 Å². The Morgan fingerprint density at radius 2 is 1.65 bits per heavy atom. The first kappa shape index (κ1) is 11.7. The quantitative estimate of drug-likeness (QED) is 0.771. The number of Topliss-reactive ketones (excluding diaryl/α,β-unsaturated/α-hetero) is 1. The number of benzene rings is 2. The summed E-state index contributed by atoms with van der Waals surface area (Å²) < 4.78 is 5.37.